The molecule has 2 N–H and O–H groups in total. The second-order valence-corrected chi connectivity index (χ2v) is 6.83. The van der Waals surface area contributed by atoms with E-state index in [1.807, 2.05) is 42.5 Å². The molecule has 8 nitrogen and oxygen atoms in total. The van der Waals surface area contributed by atoms with Crippen LogP contribution in [-0.4, -0.2) is 42.4 Å². The molecule has 0 aliphatic heterocycles. The fourth-order valence-corrected chi connectivity index (χ4v) is 3.56. The number of nitrogens with one attached hydrogen (secondary N) is 2. The van der Waals surface area contributed by atoms with E-state index in [1.54, 1.807) is 27.5 Å². The van der Waals surface area contributed by atoms with E-state index in [-0.39, 0.29) is 5.91 Å². The number of aromatic amines is 1. The molecule has 0 bridgehead atoms. The number of nitrogens with zero attached hydrogens (tertiary/aromatic N) is 2. The highest BCUT2D eigenvalue weighted by Gasteiger charge is 2.19. The van der Waals surface area contributed by atoms with Gasteiger partial charge in [0.2, 0.25) is 11.7 Å². The number of carbonyl (C=O) groups excluding carboxylic acids is 1. The maximum Gasteiger partial charge on any atom is 0.221 e. The number of rotatable bonds is 6. The van der Waals surface area contributed by atoms with E-state index in [1.165, 1.54) is 6.92 Å². The van der Waals surface area contributed by atoms with Crippen LogP contribution in [0.15, 0.2) is 48.7 Å². The monoisotopic (exact) mass is 418 g/mol. The first-order valence-electron chi connectivity index (χ1n) is 9.57. The molecule has 0 saturated heterocycles. The molecule has 31 heavy (non-hydrogen) atoms. The molecule has 4 aromatic rings. The minimum Gasteiger partial charge on any atom is -0.493 e. The number of ether oxygens (including phenoxy) is 3. The summed E-state index contributed by atoms with van der Waals surface area (Å²) in [5.74, 6) is 1.50. The van der Waals surface area contributed by atoms with Gasteiger partial charge in [0.05, 0.1) is 32.4 Å². The summed E-state index contributed by atoms with van der Waals surface area (Å²) in [4.78, 5) is 15.7. The summed E-state index contributed by atoms with van der Waals surface area (Å²) >= 11 is 0. The van der Waals surface area contributed by atoms with Crippen LogP contribution in [0.1, 0.15) is 6.92 Å². The van der Waals surface area contributed by atoms with E-state index in [0.29, 0.717) is 22.9 Å². The molecular weight excluding hydrogens is 396 g/mol. The van der Waals surface area contributed by atoms with Gasteiger partial charge in [0, 0.05) is 24.4 Å². The van der Waals surface area contributed by atoms with Crippen LogP contribution in [0.3, 0.4) is 0 Å². The molecule has 0 spiro atoms. The first kappa shape index (κ1) is 20.2. The molecule has 1 amide bonds. The molecular formula is C23H22N4O4. The minimum absolute atomic E-state index is 0.112. The Labute approximate surface area is 179 Å². The van der Waals surface area contributed by atoms with E-state index in [9.17, 15) is 4.79 Å². The van der Waals surface area contributed by atoms with Crippen molar-refractivity contribution in [1.29, 1.82) is 0 Å². The van der Waals surface area contributed by atoms with Crippen LogP contribution < -0.4 is 19.5 Å². The third kappa shape index (κ3) is 3.75. The quantitative estimate of drug-likeness (QED) is 0.485. The fraction of sp³-hybridized carbons (Fsp3) is 0.174. The number of H-pyrrole nitrogens is 1. The molecule has 0 atom stereocenters. The van der Waals surface area contributed by atoms with Crippen molar-refractivity contribution in [3.63, 3.8) is 0 Å². The number of benzene rings is 2. The van der Waals surface area contributed by atoms with Crippen molar-refractivity contribution < 1.29 is 19.0 Å². The zero-order valence-corrected chi connectivity index (χ0v) is 17.6. The average Bonchev–Trinajstić information content (AvgIpc) is 3.22. The van der Waals surface area contributed by atoms with Gasteiger partial charge >= 0.3 is 0 Å². The standard InChI is InChI=1S/C23H22N4O4/c1-13(28)25-16-7-5-14(6-8-16)17-9-10-24-23-20(17)21(26-27-23)15-11-18(29-2)22(31-4)19(12-15)30-3/h5-12H,1-4H3,(H,25,28)(H,24,26,27). The first-order chi connectivity index (χ1) is 15.0. The summed E-state index contributed by atoms with van der Waals surface area (Å²) in [5, 5.41) is 11.1. The van der Waals surface area contributed by atoms with Gasteiger partial charge in [0.15, 0.2) is 17.1 Å². The van der Waals surface area contributed by atoms with Gasteiger partial charge < -0.3 is 19.5 Å². The number of hydrogen-bond donors (Lipinski definition) is 2. The summed E-state index contributed by atoms with van der Waals surface area (Å²) in [5.41, 5.74) is 4.85. The topological polar surface area (TPSA) is 98.4 Å². The van der Waals surface area contributed by atoms with E-state index in [0.717, 1.165) is 33.5 Å². The molecule has 158 valence electrons. The van der Waals surface area contributed by atoms with Crippen molar-refractivity contribution in [2.24, 2.45) is 0 Å². The number of anilines is 1. The summed E-state index contributed by atoms with van der Waals surface area (Å²) in [6, 6.07) is 13.3. The predicted molar refractivity (Wildman–Crippen MR) is 119 cm³/mol. The zero-order valence-electron chi connectivity index (χ0n) is 17.6. The van der Waals surface area contributed by atoms with Crippen LogP contribution >= 0.6 is 0 Å². The SMILES string of the molecule is COc1cc(-c2[nH]nc3nccc(-c4ccc(NC(C)=O)cc4)c23)cc(OC)c1OC. The largest absolute Gasteiger partial charge is 0.493 e. The Morgan fingerprint density at radius 3 is 2.19 bits per heavy atom. The molecule has 0 radical (unpaired) electrons. The van der Waals surface area contributed by atoms with Gasteiger partial charge in [-0.3, -0.25) is 9.89 Å². The third-order valence-electron chi connectivity index (χ3n) is 4.92. The maximum absolute atomic E-state index is 11.3. The summed E-state index contributed by atoms with van der Waals surface area (Å²) in [6.07, 6.45) is 1.72. The first-order valence-corrected chi connectivity index (χ1v) is 9.57. The number of pyridine rings is 1. The molecule has 0 unspecified atom stereocenters. The molecule has 2 heterocycles. The van der Waals surface area contributed by atoms with Crippen LogP contribution in [0.4, 0.5) is 5.69 Å². The highest BCUT2D eigenvalue weighted by atomic mass is 16.5. The Kier molecular flexibility index (Phi) is 5.44. The van der Waals surface area contributed by atoms with Gasteiger partial charge in [0.1, 0.15) is 0 Å². The van der Waals surface area contributed by atoms with Crippen molar-refractivity contribution in [2.75, 3.05) is 26.6 Å². The average molecular weight is 418 g/mol. The van der Waals surface area contributed by atoms with Gasteiger partial charge in [-0.15, -0.1) is 0 Å². The van der Waals surface area contributed by atoms with Crippen molar-refractivity contribution in [3.8, 4) is 39.6 Å². The Balaban J connectivity index is 1.88. The third-order valence-corrected chi connectivity index (χ3v) is 4.92. The van der Waals surface area contributed by atoms with Crippen molar-refractivity contribution in [1.82, 2.24) is 15.2 Å². The molecule has 0 saturated carbocycles. The zero-order chi connectivity index (χ0) is 22.0. The number of carbonyl (C=O) groups is 1. The van der Waals surface area contributed by atoms with E-state index < -0.39 is 0 Å². The van der Waals surface area contributed by atoms with E-state index in [4.69, 9.17) is 14.2 Å². The van der Waals surface area contributed by atoms with E-state index >= 15 is 0 Å². The smallest absolute Gasteiger partial charge is 0.221 e. The molecule has 2 aromatic heterocycles. The molecule has 0 aliphatic carbocycles. The lowest BCUT2D eigenvalue weighted by atomic mass is 9.99. The van der Waals surface area contributed by atoms with Crippen LogP contribution in [0.25, 0.3) is 33.4 Å². The molecule has 2 aromatic carbocycles. The predicted octanol–water partition coefficient (Wildman–Crippen LogP) is 4.28. The summed E-state index contributed by atoms with van der Waals surface area (Å²) in [6.45, 7) is 1.48. The van der Waals surface area contributed by atoms with Crippen LogP contribution in [-0.2, 0) is 4.79 Å². The molecule has 0 aliphatic rings. The Morgan fingerprint density at radius 2 is 1.61 bits per heavy atom. The highest BCUT2D eigenvalue weighted by Crippen LogP contribution is 2.43. The molecule has 0 fully saturated rings. The number of amides is 1. The van der Waals surface area contributed by atoms with Gasteiger partial charge in [-0.2, -0.15) is 5.10 Å². The normalized spacial score (nSPS) is 10.7. The Morgan fingerprint density at radius 1 is 0.935 bits per heavy atom. The van der Waals surface area contributed by atoms with Gasteiger partial charge in [-0.25, -0.2) is 4.98 Å². The lowest BCUT2D eigenvalue weighted by Gasteiger charge is -2.14. The van der Waals surface area contributed by atoms with Crippen LogP contribution in [0, 0.1) is 0 Å². The van der Waals surface area contributed by atoms with Crippen molar-refractivity contribution in [3.05, 3.63) is 48.7 Å². The lowest BCUT2D eigenvalue weighted by molar-refractivity contribution is -0.114. The second-order valence-electron chi connectivity index (χ2n) is 6.83. The number of methoxy groups -OCH3 is 3. The Bertz CT molecular complexity index is 1220. The summed E-state index contributed by atoms with van der Waals surface area (Å²) < 4.78 is 16.4. The van der Waals surface area contributed by atoms with Crippen molar-refractivity contribution >= 4 is 22.6 Å². The fourth-order valence-electron chi connectivity index (χ4n) is 3.56. The molecule has 4 rings (SSSR count). The molecule has 8 heteroatoms. The highest BCUT2D eigenvalue weighted by molar-refractivity contribution is 6.02. The Hall–Kier alpha value is -4.07. The number of aromatic nitrogens is 3. The van der Waals surface area contributed by atoms with Crippen LogP contribution in [0.5, 0.6) is 17.2 Å². The van der Waals surface area contributed by atoms with Crippen molar-refractivity contribution in [2.45, 2.75) is 6.92 Å². The second kappa shape index (κ2) is 8.35. The number of hydrogen-bond acceptors (Lipinski definition) is 6. The van der Waals surface area contributed by atoms with Gasteiger partial charge in [0.25, 0.3) is 0 Å². The van der Waals surface area contributed by atoms with Gasteiger partial charge in [-0.1, -0.05) is 12.1 Å². The van der Waals surface area contributed by atoms with Gasteiger partial charge in [-0.05, 0) is 41.5 Å². The number of fused-ring (bicyclic) bond motifs is 1. The van der Waals surface area contributed by atoms with E-state index in [2.05, 4.69) is 20.5 Å². The van der Waals surface area contributed by atoms with Crippen LogP contribution in [0.2, 0.25) is 0 Å². The lowest BCUT2D eigenvalue weighted by Crippen LogP contribution is -2.05. The maximum atomic E-state index is 11.3. The summed E-state index contributed by atoms with van der Waals surface area (Å²) in [7, 11) is 4.73. The minimum atomic E-state index is -0.112.